The van der Waals surface area contributed by atoms with Crippen LogP contribution < -0.4 is 18.7 Å². The number of carbonyl (C=O) groups is 2. The van der Waals surface area contributed by atoms with Crippen LogP contribution in [0.2, 0.25) is 5.02 Å². The van der Waals surface area contributed by atoms with E-state index in [1.54, 1.807) is 42.9 Å². The highest BCUT2D eigenvalue weighted by atomic mass is 35.5. The third-order valence-electron chi connectivity index (χ3n) is 7.44. The number of amides is 3. The minimum Gasteiger partial charge on any atom is -0.490 e. The van der Waals surface area contributed by atoms with Gasteiger partial charge in [0, 0.05) is 24.2 Å². The normalized spacial score (nSPS) is 18.0. The van der Waals surface area contributed by atoms with Crippen molar-refractivity contribution in [1.29, 1.82) is 0 Å². The summed E-state index contributed by atoms with van der Waals surface area (Å²) in [4.78, 5) is 33.3. The highest BCUT2D eigenvalue weighted by Crippen LogP contribution is 2.36. The second-order valence-electron chi connectivity index (χ2n) is 11.2. The summed E-state index contributed by atoms with van der Waals surface area (Å²) in [6.07, 6.45) is -1.84. The van der Waals surface area contributed by atoms with Gasteiger partial charge in [-0.25, -0.2) is 9.69 Å². The van der Waals surface area contributed by atoms with Crippen molar-refractivity contribution in [3.8, 4) is 17.5 Å². The average Bonchev–Trinajstić information content (AvgIpc) is 3.38. The van der Waals surface area contributed by atoms with E-state index < -0.39 is 24.1 Å². The predicted octanol–water partition coefficient (Wildman–Crippen LogP) is 6.02. The van der Waals surface area contributed by atoms with Crippen LogP contribution in [0.3, 0.4) is 0 Å². The van der Waals surface area contributed by atoms with Crippen LogP contribution in [0.15, 0.2) is 48.5 Å². The van der Waals surface area contributed by atoms with Crippen molar-refractivity contribution < 1.29 is 46.4 Å². The largest absolute Gasteiger partial charge is 0.573 e. The molecule has 1 unspecified atom stereocenters. The molecule has 46 heavy (non-hydrogen) atoms. The lowest BCUT2D eigenvalue weighted by Crippen LogP contribution is -2.60. The van der Waals surface area contributed by atoms with Crippen LogP contribution >= 0.6 is 11.6 Å². The van der Waals surface area contributed by atoms with Crippen molar-refractivity contribution >= 4 is 29.4 Å². The molecule has 0 bridgehead atoms. The zero-order valence-electron chi connectivity index (χ0n) is 25.4. The molecule has 3 heterocycles. The van der Waals surface area contributed by atoms with Crippen LogP contribution in [0, 0.1) is 0 Å². The fourth-order valence-corrected chi connectivity index (χ4v) is 5.31. The Hall–Kier alpha value is -3.85. The molecule has 0 saturated carbocycles. The van der Waals surface area contributed by atoms with E-state index in [-0.39, 0.29) is 60.3 Å². The number of carbonyl (C=O) groups excluding carboxylic acids is 2. The van der Waals surface area contributed by atoms with Gasteiger partial charge in [-0.3, -0.25) is 9.36 Å². The average molecular weight is 668 g/mol. The first-order chi connectivity index (χ1) is 21.9. The molecule has 0 radical (unpaired) electrons. The Labute approximate surface area is 268 Å². The summed E-state index contributed by atoms with van der Waals surface area (Å²) in [6, 6.07) is 11.8. The highest BCUT2D eigenvalue weighted by Gasteiger charge is 2.51. The summed E-state index contributed by atoms with van der Waals surface area (Å²) in [6.45, 7) is 1.17. The van der Waals surface area contributed by atoms with Gasteiger partial charge in [-0.2, -0.15) is 4.48 Å². The number of hydrogen-bond acceptors (Lipinski definition) is 8. The van der Waals surface area contributed by atoms with Crippen LogP contribution in [-0.2, 0) is 16.0 Å². The van der Waals surface area contributed by atoms with Gasteiger partial charge in [-0.05, 0) is 55.5 Å². The predicted molar refractivity (Wildman–Crippen MR) is 161 cm³/mol. The van der Waals surface area contributed by atoms with Crippen molar-refractivity contribution in [1.82, 2.24) is 18.9 Å². The van der Waals surface area contributed by atoms with Crippen LogP contribution in [0.1, 0.15) is 41.7 Å². The van der Waals surface area contributed by atoms with Gasteiger partial charge in [-0.15, -0.1) is 18.2 Å². The highest BCUT2D eigenvalue weighted by molar-refractivity contribution is 6.30. The number of quaternary nitrogens is 1. The number of aromatic nitrogens is 2. The molecule has 2 aliphatic heterocycles. The van der Waals surface area contributed by atoms with Gasteiger partial charge in [0.25, 0.3) is 11.7 Å². The third-order valence-corrected chi connectivity index (χ3v) is 7.70. The van der Waals surface area contributed by atoms with Crippen molar-refractivity contribution in [2.24, 2.45) is 0 Å². The molecule has 3 aromatic rings. The van der Waals surface area contributed by atoms with E-state index in [1.165, 1.54) is 17.0 Å². The number of benzene rings is 2. The van der Waals surface area contributed by atoms with Crippen molar-refractivity contribution in [2.75, 3.05) is 47.1 Å². The summed E-state index contributed by atoms with van der Waals surface area (Å²) < 4.78 is 65.9. The topological polar surface area (TPSA) is 101 Å². The van der Waals surface area contributed by atoms with E-state index in [0.29, 0.717) is 24.7 Å². The number of halogens is 4. The van der Waals surface area contributed by atoms with E-state index >= 15 is 0 Å². The fraction of sp³-hybridized carbons (Fsp3) is 0.452. The first-order valence-corrected chi connectivity index (χ1v) is 15.2. The number of imide groups is 1. The number of urea groups is 1. The van der Waals surface area contributed by atoms with E-state index in [0.717, 1.165) is 37.0 Å². The molecule has 2 aromatic carbocycles. The second kappa shape index (κ2) is 14.3. The molecule has 1 saturated heterocycles. The summed E-state index contributed by atoms with van der Waals surface area (Å²) in [7, 11) is 3.30. The minimum absolute atomic E-state index is 0.0596. The number of rotatable bonds is 13. The molecule has 1 fully saturated rings. The summed E-state index contributed by atoms with van der Waals surface area (Å²) in [5.74, 6) is -0.568. The lowest BCUT2D eigenvalue weighted by atomic mass is 10.2. The maximum atomic E-state index is 13.9. The van der Waals surface area contributed by atoms with Gasteiger partial charge in [0.05, 0.1) is 27.2 Å². The van der Waals surface area contributed by atoms with E-state index in [4.69, 9.17) is 30.5 Å². The molecule has 15 heteroatoms. The molecule has 0 spiro atoms. The van der Waals surface area contributed by atoms with Gasteiger partial charge in [0.15, 0.2) is 12.0 Å². The molecule has 2 aliphatic rings. The van der Waals surface area contributed by atoms with Gasteiger partial charge in [-0.1, -0.05) is 29.8 Å². The fourth-order valence-electron chi connectivity index (χ4n) is 5.19. The first-order valence-electron chi connectivity index (χ1n) is 14.8. The Kier molecular flexibility index (Phi) is 10.4. The Balaban J connectivity index is 1.33. The SMILES string of the molecule is C[N+]1(C)C(=O)N(CCCOC2CCCCO2)C(=O)c2c1nc(OCCOc1cccc(OC(F)(F)F)c1)n2Cc1ccc(Cl)cc1. The van der Waals surface area contributed by atoms with Crippen LogP contribution in [0.25, 0.3) is 0 Å². The van der Waals surface area contributed by atoms with Crippen LogP contribution in [-0.4, -0.2) is 86.1 Å². The molecule has 1 aromatic heterocycles. The number of nitrogens with zero attached hydrogens (tertiary/aromatic N) is 4. The molecule has 3 amide bonds. The zero-order valence-corrected chi connectivity index (χ0v) is 26.2. The molecular weight excluding hydrogens is 633 g/mol. The van der Waals surface area contributed by atoms with Crippen LogP contribution in [0.5, 0.6) is 17.5 Å². The maximum absolute atomic E-state index is 13.9. The van der Waals surface area contributed by atoms with E-state index in [2.05, 4.69) is 9.72 Å². The number of alkyl halides is 3. The van der Waals surface area contributed by atoms with Crippen molar-refractivity contribution in [3.05, 3.63) is 64.8 Å². The Morgan fingerprint density at radius 2 is 1.76 bits per heavy atom. The van der Waals surface area contributed by atoms with Gasteiger partial charge < -0.3 is 23.7 Å². The zero-order chi connectivity index (χ0) is 32.9. The molecule has 0 N–H and O–H groups in total. The summed E-state index contributed by atoms with van der Waals surface area (Å²) in [5, 5.41) is 0.543. The molecule has 1 atom stereocenters. The molecule has 0 aliphatic carbocycles. The monoisotopic (exact) mass is 667 g/mol. The Morgan fingerprint density at radius 3 is 2.48 bits per heavy atom. The molecule has 248 valence electrons. The van der Waals surface area contributed by atoms with Crippen molar-refractivity contribution in [2.45, 2.75) is 44.9 Å². The Morgan fingerprint density at radius 1 is 1.02 bits per heavy atom. The van der Waals surface area contributed by atoms with Crippen molar-refractivity contribution in [3.63, 3.8) is 0 Å². The van der Waals surface area contributed by atoms with E-state index in [9.17, 15) is 22.8 Å². The molecule has 5 rings (SSSR count). The molecule has 11 nitrogen and oxygen atoms in total. The number of fused-ring (bicyclic) bond motifs is 1. The number of ether oxygens (including phenoxy) is 5. The van der Waals surface area contributed by atoms with Crippen LogP contribution in [0.4, 0.5) is 23.8 Å². The van der Waals surface area contributed by atoms with Gasteiger partial charge in [0.1, 0.15) is 24.7 Å². The quantitative estimate of drug-likeness (QED) is 0.161. The number of imidazole rings is 1. The minimum atomic E-state index is -4.83. The maximum Gasteiger partial charge on any atom is 0.573 e. The van der Waals surface area contributed by atoms with Gasteiger partial charge in [0.2, 0.25) is 0 Å². The lowest BCUT2D eigenvalue weighted by Gasteiger charge is -2.34. The second-order valence-corrected chi connectivity index (χ2v) is 11.6. The summed E-state index contributed by atoms with van der Waals surface area (Å²) in [5.41, 5.74) is 0.999. The lowest BCUT2D eigenvalue weighted by molar-refractivity contribution is -0.274. The van der Waals surface area contributed by atoms with E-state index in [1.807, 2.05) is 0 Å². The van der Waals surface area contributed by atoms with Gasteiger partial charge >= 0.3 is 18.4 Å². The third kappa shape index (κ3) is 8.10. The number of hydrogen-bond donors (Lipinski definition) is 0. The Bertz CT molecular complexity index is 1530. The first kappa shape index (κ1) is 33.5. The summed E-state index contributed by atoms with van der Waals surface area (Å²) >= 11 is 6.08. The molecular formula is C31H35ClF3N4O7+. The standard InChI is InChI=1S/C31H35ClF3N4O7/c1-39(2)27-26(28(40)37(30(39)41)14-6-16-44-25-9-3-4-15-43-25)38(20-21-10-12-22(32)13-11-21)29(36-27)45-18-17-42-23-7-5-8-24(19-23)46-31(33,34)35/h5,7-8,10-13,19,25H,3-4,6,9,14-18,20H2,1-2H3/q+1. The smallest absolute Gasteiger partial charge is 0.490 e.